The molecule has 1 aromatic heterocycles. The van der Waals surface area contributed by atoms with Gasteiger partial charge in [0.1, 0.15) is 0 Å². The second kappa shape index (κ2) is 12.4. The molecule has 2 aromatic carbocycles. The van der Waals surface area contributed by atoms with E-state index in [9.17, 15) is 18.0 Å². The molecule has 1 N–H and O–H groups in total. The first-order valence-corrected chi connectivity index (χ1v) is 18.4. The van der Waals surface area contributed by atoms with Crippen molar-refractivity contribution in [2.45, 2.75) is 69.6 Å². The van der Waals surface area contributed by atoms with Crippen LogP contribution in [0.3, 0.4) is 0 Å². The number of benzene rings is 2. The van der Waals surface area contributed by atoms with Gasteiger partial charge >= 0.3 is 6.03 Å². The second-order valence-electron chi connectivity index (χ2n) is 13.8. The van der Waals surface area contributed by atoms with Crippen molar-refractivity contribution in [2.24, 2.45) is 11.3 Å². The Hall–Kier alpha value is -3.43. The van der Waals surface area contributed by atoms with Gasteiger partial charge in [0.25, 0.3) is 5.56 Å². The van der Waals surface area contributed by atoms with Crippen molar-refractivity contribution in [3.63, 3.8) is 0 Å². The predicted octanol–water partition coefficient (Wildman–Crippen LogP) is 5.11. The Balaban J connectivity index is 1.06. The van der Waals surface area contributed by atoms with Crippen LogP contribution in [0.4, 0.5) is 4.79 Å². The first kappa shape index (κ1) is 30.2. The van der Waals surface area contributed by atoms with E-state index in [2.05, 4.69) is 27.2 Å². The fourth-order valence-corrected chi connectivity index (χ4v) is 9.84. The third-order valence-electron chi connectivity index (χ3n) is 10.9. The summed E-state index contributed by atoms with van der Waals surface area (Å²) in [4.78, 5) is 31.8. The maximum Gasteiger partial charge on any atom is 0.320 e. The topological polar surface area (TPSA) is 91.7 Å². The number of sulfone groups is 1. The van der Waals surface area contributed by atoms with E-state index < -0.39 is 9.84 Å². The van der Waals surface area contributed by atoms with Crippen molar-refractivity contribution in [3.8, 4) is 11.1 Å². The van der Waals surface area contributed by atoms with Crippen molar-refractivity contribution in [3.05, 3.63) is 94.9 Å². The summed E-state index contributed by atoms with van der Waals surface area (Å²) >= 11 is 0. The number of aromatic nitrogens is 1. The van der Waals surface area contributed by atoms with Gasteiger partial charge in [0, 0.05) is 50.5 Å². The SMILES string of the molecule is O=C(N1CCC(Cn2ccc(-c3ccccc3)cc2=O)C2(CCCC2)C1)N1CC[C@H](NC2CS(=O)(=O)C2)C[C@H]1c1ccccc1. The van der Waals surface area contributed by atoms with Crippen molar-refractivity contribution in [2.75, 3.05) is 31.1 Å². The highest BCUT2D eigenvalue weighted by Gasteiger charge is 2.48. The zero-order valence-corrected chi connectivity index (χ0v) is 26.7. The van der Waals surface area contributed by atoms with Crippen LogP contribution in [0.5, 0.6) is 0 Å². The van der Waals surface area contributed by atoms with Gasteiger partial charge in [-0.25, -0.2) is 13.2 Å². The average Bonchev–Trinajstić information content (AvgIpc) is 3.51. The van der Waals surface area contributed by atoms with Crippen molar-refractivity contribution < 1.29 is 13.2 Å². The summed E-state index contributed by atoms with van der Waals surface area (Å²) in [7, 11) is -2.89. The average molecular weight is 629 g/mol. The van der Waals surface area contributed by atoms with E-state index in [0.29, 0.717) is 25.6 Å². The number of rotatable bonds is 6. The summed E-state index contributed by atoms with van der Waals surface area (Å²) < 4.78 is 25.4. The molecule has 1 aliphatic carbocycles. The molecule has 0 bridgehead atoms. The smallest absolute Gasteiger partial charge is 0.320 e. The predicted molar refractivity (Wildman–Crippen MR) is 177 cm³/mol. The summed E-state index contributed by atoms with van der Waals surface area (Å²) in [6, 6.07) is 24.3. The molecule has 1 spiro atoms. The number of hydrogen-bond acceptors (Lipinski definition) is 5. The molecule has 3 atom stereocenters. The molecule has 7 rings (SSSR count). The van der Waals surface area contributed by atoms with Crippen LogP contribution < -0.4 is 10.9 Å². The third-order valence-corrected chi connectivity index (χ3v) is 12.7. The van der Waals surface area contributed by atoms with Crippen LogP contribution in [-0.4, -0.2) is 72.0 Å². The van der Waals surface area contributed by atoms with Gasteiger partial charge in [-0.05, 0) is 66.2 Å². The Bertz CT molecular complexity index is 1660. The van der Waals surface area contributed by atoms with Crippen molar-refractivity contribution >= 4 is 15.9 Å². The maximum atomic E-state index is 14.3. The van der Waals surface area contributed by atoms with E-state index in [0.717, 1.165) is 55.3 Å². The highest BCUT2D eigenvalue weighted by atomic mass is 32.2. The van der Waals surface area contributed by atoms with E-state index in [-0.39, 0.29) is 46.6 Å². The Morgan fingerprint density at radius 3 is 2.27 bits per heavy atom. The molecule has 0 radical (unpaired) electrons. The number of nitrogens with zero attached hydrogens (tertiary/aromatic N) is 3. The van der Waals surface area contributed by atoms with Crippen LogP contribution in [0, 0.1) is 11.3 Å². The zero-order valence-electron chi connectivity index (χ0n) is 25.9. The largest absolute Gasteiger partial charge is 0.324 e. The molecule has 3 aliphatic heterocycles. The van der Waals surface area contributed by atoms with Gasteiger partial charge in [0.15, 0.2) is 9.84 Å². The normalized spacial score (nSPS) is 26.1. The first-order chi connectivity index (χ1) is 21.8. The number of nitrogens with one attached hydrogen (secondary N) is 1. The summed E-state index contributed by atoms with van der Waals surface area (Å²) in [6.45, 7) is 2.77. The molecule has 8 nitrogen and oxygen atoms in total. The Morgan fingerprint density at radius 1 is 0.867 bits per heavy atom. The molecule has 4 fully saturated rings. The molecule has 1 saturated carbocycles. The van der Waals surface area contributed by atoms with E-state index in [1.165, 1.54) is 12.8 Å². The van der Waals surface area contributed by atoms with Crippen LogP contribution in [0.25, 0.3) is 11.1 Å². The molecule has 3 saturated heterocycles. The minimum Gasteiger partial charge on any atom is -0.324 e. The molecule has 238 valence electrons. The molecule has 2 amide bonds. The summed E-state index contributed by atoms with van der Waals surface area (Å²) in [5, 5.41) is 3.58. The summed E-state index contributed by atoms with van der Waals surface area (Å²) in [5.41, 5.74) is 3.18. The second-order valence-corrected chi connectivity index (χ2v) is 16.0. The van der Waals surface area contributed by atoms with Gasteiger partial charge in [-0.2, -0.15) is 0 Å². The van der Waals surface area contributed by atoms with Gasteiger partial charge in [-0.1, -0.05) is 73.5 Å². The number of carbonyl (C=O) groups excluding carboxylic acids is 1. The van der Waals surface area contributed by atoms with Crippen LogP contribution in [0.1, 0.15) is 56.6 Å². The number of pyridine rings is 1. The molecule has 9 heteroatoms. The van der Waals surface area contributed by atoms with Gasteiger partial charge in [-0.15, -0.1) is 0 Å². The van der Waals surface area contributed by atoms with Crippen LogP contribution in [0.2, 0.25) is 0 Å². The van der Waals surface area contributed by atoms with Gasteiger partial charge in [-0.3, -0.25) is 4.79 Å². The van der Waals surface area contributed by atoms with E-state index >= 15 is 0 Å². The minimum atomic E-state index is -2.89. The Morgan fingerprint density at radius 2 is 1.58 bits per heavy atom. The molecular weight excluding hydrogens is 584 g/mol. The molecule has 4 heterocycles. The standard InChI is InChI=1S/C36H44N4O4S/c41-34-21-29(27-9-3-1-4-10-27)13-18-38(34)23-30-14-19-39(26-36(30)16-7-8-17-36)35(42)40-20-15-31(37-32-24-45(43,44)25-32)22-33(40)28-11-5-2-6-12-28/h1-6,9-13,18,21,30-33,37H,7-8,14-17,19-20,22-26H2/t30?,31-,33-/m0/s1. The fourth-order valence-electron chi connectivity index (χ4n) is 8.52. The Labute approximate surface area is 266 Å². The number of hydrogen-bond donors (Lipinski definition) is 1. The molecule has 1 unspecified atom stereocenters. The van der Waals surface area contributed by atoms with Crippen LogP contribution in [-0.2, 0) is 16.4 Å². The first-order valence-electron chi connectivity index (χ1n) is 16.6. The maximum absolute atomic E-state index is 14.3. The summed E-state index contributed by atoms with van der Waals surface area (Å²) in [5.74, 6) is 0.772. The minimum absolute atomic E-state index is 0.0157. The van der Waals surface area contributed by atoms with Gasteiger partial charge in [0.2, 0.25) is 0 Å². The quantitative estimate of drug-likeness (QED) is 0.410. The molecule has 4 aliphatic rings. The fraction of sp³-hybridized carbons (Fsp3) is 0.500. The lowest BCUT2D eigenvalue weighted by molar-refractivity contribution is 0.0206. The zero-order chi connectivity index (χ0) is 31.0. The third kappa shape index (κ3) is 6.34. The lowest BCUT2D eigenvalue weighted by Gasteiger charge is -2.49. The molecule has 45 heavy (non-hydrogen) atoms. The molecule has 3 aromatic rings. The van der Waals surface area contributed by atoms with E-state index in [1.807, 2.05) is 65.4 Å². The number of urea groups is 1. The lowest BCUT2D eigenvalue weighted by Crippen LogP contribution is -2.59. The van der Waals surface area contributed by atoms with E-state index in [1.54, 1.807) is 6.07 Å². The van der Waals surface area contributed by atoms with Crippen molar-refractivity contribution in [1.82, 2.24) is 19.7 Å². The number of carbonyl (C=O) groups is 1. The number of piperidine rings is 2. The highest BCUT2D eigenvalue weighted by Crippen LogP contribution is 2.49. The van der Waals surface area contributed by atoms with E-state index in [4.69, 9.17) is 0 Å². The lowest BCUT2D eigenvalue weighted by atomic mass is 9.69. The number of amides is 2. The summed E-state index contributed by atoms with van der Waals surface area (Å²) in [6.07, 6.45) is 8.95. The Kier molecular flexibility index (Phi) is 8.33. The van der Waals surface area contributed by atoms with Crippen LogP contribution in [0.15, 0.2) is 83.8 Å². The van der Waals surface area contributed by atoms with Crippen molar-refractivity contribution in [1.29, 1.82) is 0 Å². The number of likely N-dealkylation sites (tertiary alicyclic amines) is 2. The monoisotopic (exact) mass is 628 g/mol. The highest BCUT2D eigenvalue weighted by molar-refractivity contribution is 7.92. The van der Waals surface area contributed by atoms with Gasteiger partial charge in [0.05, 0.1) is 17.5 Å². The van der Waals surface area contributed by atoms with Crippen LogP contribution >= 0.6 is 0 Å². The molecular formula is C36H44N4O4S. The van der Waals surface area contributed by atoms with Gasteiger partial charge < -0.3 is 19.7 Å².